The minimum atomic E-state index is 0.000000000000000222. The van der Waals surface area contributed by atoms with Crippen molar-refractivity contribution >= 4 is 69.2 Å². The molecule has 4 nitrogen and oxygen atoms in total. The van der Waals surface area contributed by atoms with Crippen molar-refractivity contribution < 1.29 is 0 Å². The first-order valence-electron chi connectivity index (χ1n) is 5.97. The van der Waals surface area contributed by atoms with E-state index in [0.717, 1.165) is 11.4 Å². The first kappa shape index (κ1) is 18.4. The first-order valence-corrected chi connectivity index (χ1v) is 7.54. The molecule has 116 valence electrons. The number of hydrogen-bond donors (Lipinski definition) is 3. The van der Waals surface area contributed by atoms with Gasteiger partial charge in [-0.1, -0.05) is 23.2 Å². The number of halogens is 2. The van der Waals surface area contributed by atoms with Crippen LogP contribution in [0.15, 0.2) is 48.5 Å². The third kappa shape index (κ3) is 6.03. The van der Waals surface area contributed by atoms with Crippen LogP contribution in [-0.2, 0) is 0 Å². The zero-order chi connectivity index (χ0) is 16.7. The summed E-state index contributed by atoms with van der Waals surface area (Å²) in [7, 11) is 0. The molecule has 0 unspecified atom stereocenters. The second-order valence-electron chi connectivity index (χ2n) is 4.03. The van der Waals surface area contributed by atoms with Gasteiger partial charge in [-0.05, 0) is 73.0 Å². The van der Waals surface area contributed by atoms with Gasteiger partial charge in [-0.25, -0.2) is 0 Å². The Morgan fingerprint density at radius 3 is 1.23 bits per heavy atom. The molecule has 6 N–H and O–H groups in total. The SMILES string of the molecule is NC(=S)N(c1ccc(Cl)cc1)c1ccc(Cl)cc1.NC(N)=S. The predicted octanol–water partition coefficient (Wildman–Crippen LogP) is 3.56. The molecule has 8 heteroatoms. The highest BCUT2D eigenvalue weighted by Gasteiger charge is 2.11. The van der Waals surface area contributed by atoms with Crippen LogP contribution in [0.2, 0.25) is 10.0 Å². The molecule has 0 radical (unpaired) electrons. The molecule has 0 aliphatic heterocycles. The lowest BCUT2D eigenvalue weighted by atomic mass is 10.2. The number of hydrogen-bond acceptors (Lipinski definition) is 2. The highest BCUT2D eigenvalue weighted by molar-refractivity contribution is 7.80. The van der Waals surface area contributed by atoms with E-state index in [0.29, 0.717) is 10.0 Å². The van der Waals surface area contributed by atoms with Crippen molar-refractivity contribution in [2.45, 2.75) is 0 Å². The van der Waals surface area contributed by atoms with Gasteiger partial charge in [-0.15, -0.1) is 0 Å². The van der Waals surface area contributed by atoms with Crippen molar-refractivity contribution in [1.29, 1.82) is 0 Å². The Kier molecular flexibility index (Phi) is 7.34. The molecular weight excluding hydrogens is 359 g/mol. The Morgan fingerprint density at radius 2 is 1.00 bits per heavy atom. The Balaban J connectivity index is 0.000000541. The molecule has 2 aromatic rings. The molecule has 0 aromatic heterocycles. The van der Waals surface area contributed by atoms with Crippen LogP contribution >= 0.6 is 47.6 Å². The maximum Gasteiger partial charge on any atom is 0.175 e. The van der Waals surface area contributed by atoms with Gasteiger partial charge in [0.25, 0.3) is 0 Å². The molecular formula is C14H14Cl2N4S2. The summed E-state index contributed by atoms with van der Waals surface area (Å²) in [5.74, 6) is 0. The Bertz CT molecular complexity index is 595. The number of thiocarbonyl (C=S) groups is 2. The summed E-state index contributed by atoms with van der Waals surface area (Å²) in [4.78, 5) is 1.75. The van der Waals surface area contributed by atoms with Crippen LogP contribution in [0.1, 0.15) is 0 Å². The molecule has 0 fully saturated rings. The molecule has 0 aliphatic carbocycles. The Labute approximate surface area is 149 Å². The highest BCUT2D eigenvalue weighted by Crippen LogP contribution is 2.27. The van der Waals surface area contributed by atoms with E-state index in [1.807, 2.05) is 24.3 Å². The van der Waals surface area contributed by atoms with Gasteiger partial charge in [0.2, 0.25) is 0 Å². The summed E-state index contributed by atoms with van der Waals surface area (Å²) < 4.78 is 0. The second kappa shape index (κ2) is 8.75. The van der Waals surface area contributed by atoms with Gasteiger partial charge >= 0.3 is 0 Å². The lowest BCUT2D eigenvalue weighted by molar-refractivity contribution is 1.34. The summed E-state index contributed by atoms with van der Waals surface area (Å²) in [6, 6.07) is 14.6. The maximum absolute atomic E-state index is 5.86. The van der Waals surface area contributed by atoms with E-state index >= 15 is 0 Å². The summed E-state index contributed by atoms with van der Waals surface area (Å²) in [5, 5.41) is 1.59. The summed E-state index contributed by atoms with van der Waals surface area (Å²) in [6.07, 6.45) is 0. The summed E-state index contributed by atoms with van der Waals surface area (Å²) >= 11 is 20.9. The normalized spacial score (nSPS) is 9.36. The van der Waals surface area contributed by atoms with Crippen molar-refractivity contribution in [1.82, 2.24) is 0 Å². The van der Waals surface area contributed by atoms with Crippen LogP contribution in [0.3, 0.4) is 0 Å². The van der Waals surface area contributed by atoms with Gasteiger partial charge in [0.05, 0.1) is 0 Å². The molecule has 0 aliphatic rings. The van der Waals surface area contributed by atoms with Gasteiger partial charge in [0.15, 0.2) is 10.2 Å². The standard InChI is InChI=1S/C13H10Cl2N2S.CH4N2S/c14-9-1-5-11(6-2-9)17(13(16)18)12-7-3-10(15)4-8-12;2-1(3)4/h1-8H,(H2,16,18);(H4,2,3,4). The molecule has 22 heavy (non-hydrogen) atoms. The van der Waals surface area contributed by atoms with Crippen molar-refractivity contribution in [3.05, 3.63) is 58.6 Å². The molecule has 0 bridgehead atoms. The monoisotopic (exact) mass is 372 g/mol. The number of anilines is 2. The molecule has 0 heterocycles. The fourth-order valence-electron chi connectivity index (χ4n) is 1.58. The zero-order valence-corrected chi connectivity index (χ0v) is 14.5. The Morgan fingerprint density at radius 1 is 0.727 bits per heavy atom. The minimum Gasteiger partial charge on any atom is -0.377 e. The van der Waals surface area contributed by atoms with Crippen molar-refractivity contribution in [3.63, 3.8) is 0 Å². The Hall–Kier alpha value is -1.60. The fraction of sp³-hybridized carbons (Fsp3) is 0. The van der Waals surface area contributed by atoms with Gasteiger partial charge < -0.3 is 17.2 Å². The molecule has 0 saturated heterocycles. The summed E-state index contributed by atoms with van der Waals surface area (Å²) in [6.45, 7) is 0. The molecule has 0 saturated carbocycles. The van der Waals surface area contributed by atoms with E-state index in [1.54, 1.807) is 29.2 Å². The smallest absolute Gasteiger partial charge is 0.175 e. The number of rotatable bonds is 2. The highest BCUT2D eigenvalue weighted by atomic mass is 35.5. The topological polar surface area (TPSA) is 81.3 Å². The van der Waals surface area contributed by atoms with Crippen LogP contribution in [0, 0.1) is 0 Å². The quantitative estimate of drug-likeness (QED) is 0.699. The van der Waals surface area contributed by atoms with E-state index in [2.05, 4.69) is 23.7 Å². The van der Waals surface area contributed by atoms with Crippen LogP contribution < -0.4 is 22.1 Å². The molecule has 0 spiro atoms. The molecule has 2 rings (SSSR count). The first-order chi connectivity index (χ1) is 10.3. The third-order valence-corrected chi connectivity index (χ3v) is 3.08. The van der Waals surface area contributed by atoms with E-state index in [-0.39, 0.29) is 10.2 Å². The number of benzene rings is 2. The van der Waals surface area contributed by atoms with Crippen molar-refractivity contribution in [2.75, 3.05) is 4.90 Å². The van der Waals surface area contributed by atoms with Crippen LogP contribution in [-0.4, -0.2) is 10.2 Å². The van der Waals surface area contributed by atoms with Crippen molar-refractivity contribution in [3.8, 4) is 0 Å². The van der Waals surface area contributed by atoms with Gasteiger partial charge in [-0.3, -0.25) is 4.90 Å². The minimum absolute atomic E-state index is 0.000000000000000222. The van der Waals surface area contributed by atoms with Gasteiger partial charge in [-0.2, -0.15) is 0 Å². The largest absolute Gasteiger partial charge is 0.377 e. The molecule has 0 amide bonds. The summed E-state index contributed by atoms with van der Waals surface area (Å²) in [5.41, 5.74) is 16.7. The average Bonchev–Trinajstić information content (AvgIpc) is 2.42. The lowest BCUT2D eigenvalue weighted by Crippen LogP contribution is -2.31. The van der Waals surface area contributed by atoms with Crippen molar-refractivity contribution in [2.24, 2.45) is 17.2 Å². The molecule has 0 atom stereocenters. The molecule has 2 aromatic carbocycles. The average molecular weight is 373 g/mol. The van der Waals surface area contributed by atoms with E-state index in [1.165, 1.54) is 0 Å². The van der Waals surface area contributed by atoms with Crippen LogP contribution in [0.4, 0.5) is 11.4 Å². The van der Waals surface area contributed by atoms with Crippen LogP contribution in [0.25, 0.3) is 0 Å². The number of nitrogens with two attached hydrogens (primary N) is 3. The van der Waals surface area contributed by atoms with E-state index in [9.17, 15) is 0 Å². The van der Waals surface area contributed by atoms with Gasteiger partial charge in [0, 0.05) is 21.4 Å². The number of nitrogens with zero attached hydrogens (tertiary/aromatic N) is 1. The fourth-order valence-corrected chi connectivity index (χ4v) is 2.05. The second-order valence-corrected chi connectivity index (χ2v) is 5.79. The lowest BCUT2D eigenvalue weighted by Gasteiger charge is -2.23. The maximum atomic E-state index is 5.86. The zero-order valence-electron chi connectivity index (χ0n) is 11.4. The van der Waals surface area contributed by atoms with E-state index in [4.69, 9.17) is 41.2 Å². The third-order valence-electron chi connectivity index (χ3n) is 2.39. The van der Waals surface area contributed by atoms with E-state index < -0.39 is 0 Å². The van der Waals surface area contributed by atoms with Crippen LogP contribution in [0.5, 0.6) is 0 Å². The predicted molar refractivity (Wildman–Crippen MR) is 103 cm³/mol. The van der Waals surface area contributed by atoms with Gasteiger partial charge in [0.1, 0.15) is 0 Å².